The molecule has 0 saturated carbocycles. The highest BCUT2D eigenvalue weighted by Gasteiger charge is 2.62. The molecule has 21 heavy (non-hydrogen) atoms. The van der Waals surface area contributed by atoms with E-state index in [9.17, 15) is 18.3 Å². The zero-order valence-electron chi connectivity index (χ0n) is 11.9. The lowest BCUT2D eigenvalue weighted by Crippen LogP contribution is -2.46. The van der Waals surface area contributed by atoms with Crippen molar-refractivity contribution in [3.63, 3.8) is 0 Å². The normalized spacial score (nSPS) is 32.4. The second kappa shape index (κ2) is 4.81. The summed E-state index contributed by atoms with van der Waals surface area (Å²) in [4.78, 5) is 12.0. The summed E-state index contributed by atoms with van der Waals surface area (Å²) in [6.07, 6.45) is 3.38. The van der Waals surface area contributed by atoms with Gasteiger partial charge in [0.15, 0.2) is 0 Å². The quantitative estimate of drug-likeness (QED) is 0.914. The van der Waals surface area contributed by atoms with Crippen molar-refractivity contribution < 1.29 is 18.3 Å². The van der Waals surface area contributed by atoms with Gasteiger partial charge in [-0.15, -0.1) is 0 Å². The van der Waals surface area contributed by atoms with E-state index < -0.39 is 27.4 Å². The molecule has 1 aromatic carbocycles. The lowest BCUT2D eigenvalue weighted by molar-refractivity contribution is -0.150. The number of nitrogens with zero attached hydrogens (tertiary/aromatic N) is 1. The molecule has 0 spiro atoms. The SMILES string of the molecule is CS(=O)(=O)N1[C@H]2CC[C@@H]1[C@](Cc1ccccc1)(C(=O)O)C2. The molecule has 5 nitrogen and oxygen atoms in total. The third kappa shape index (κ3) is 2.26. The summed E-state index contributed by atoms with van der Waals surface area (Å²) in [7, 11) is -3.37. The van der Waals surface area contributed by atoms with Crippen molar-refractivity contribution in [2.45, 2.75) is 37.8 Å². The molecule has 1 aromatic rings. The summed E-state index contributed by atoms with van der Waals surface area (Å²) in [6, 6.07) is 8.88. The first-order valence-electron chi connectivity index (χ1n) is 7.10. The molecule has 3 atom stereocenters. The van der Waals surface area contributed by atoms with E-state index in [-0.39, 0.29) is 6.04 Å². The summed E-state index contributed by atoms with van der Waals surface area (Å²) in [5.41, 5.74) is -0.0474. The Morgan fingerprint density at radius 3 is 2.52 bits per heavy atom. The lowest BCUT2D eigenvalue weighted by atomic mass is 9.70. The van der Waals surface area contributed by atoms with Crippen molar-refractivity contribution in [2.24, 2.45) is 5.41 Å². The van der Waals surface area contributed by atoms with Gasteiger partial charge in [-0.3, -0.25) is 4.79 Å². The monoisotopic (exact) mass is 309 g/mol. The van der Waals surface area contributed by atoms with Gasteiger partial charge < -0.3 is 5.11 Å². The molecule has 0 amide bonds. The Labute approximate surface area is 124 Å². The van der Waals surface area contributed by atoms with Gasteiger partial charge in [-0.25, -0.2) is 8.42 Å². The van der Waals surface area contributed by atoms with Crippen molar-refractivity contribution in [2.75, 3.05) is 6.26 Å². The molecule has 1 N–H and O–H groups in total. The lowest BCUT2D eigenvalue weighted by Gasteiger charge is -2.33. The Morgan fingerprint density at radius 2 is 2.00 bits per heavy atom. The van der Waals surface area contributed by atoms with E-state index in [1.807, 2.05) is 30.3 Å². The van der Waals surface area contributed by atoms with Gasteiger partial charge in [0, 0.05) is 12.1 Å². The number of rotatable bonds is 4. The Kier molecular flexibility index (Phi) is 3.33. The first-order valence-corrected chi connectivity index (χ1v) is 8.95. The average molecular weight is 309 g/mol. The third-order valence-corrected chi connectivity index (χ3v) is 6.17. The zero-order valence-corrected chi connectivity index (χ0v) is 12.7. The molecule has 2 fully saturated rings. The first-order chi connectivity index (χ1) is 9.84. The maximum atomic E-state index is 12.0. The Bertz CT molecular complexity index is 658. The third-order valence-electron chi connectivity index (χ3n) is 4.85. The van der Waals surface area contributed by atoms with Crippen LogP contribution in [0.2, 0.25) is 0 Å². The molecule has 2 bridgehead atoms. The number of carbonyl (C=O) groups is 1. The van der Waals surface area contributed by atoms with E-state index in [1.54, 1.807) is 0 Å². The maximum Gasteiger partial charge on any atom is 0.311 e. The topological polar surface area (TPSA) is 74.7 Å². The number of carboxylic acid groups (broad SMARTS) is 1. The van der Waals surface area contributed by atoms with Crippen molar-refractivity contribution in [3.05, 3.63) is 35.9 Å². The number of sulfonamides is 1. The molecule has 3 rings (SSSR count). The van der Waals surface area contributed by atoms with Crippen molar-refractivity contribution >= 4 is 16.0 Å². The average Bonchev–Trinajstić information content (AvgIpc) is 2.95. The van der Waals surface area contributed by atoms with Crippen LogP contribution < -0.4 is 0 Å². The maximum absolute atomic E-state index is 12.0. The van der Waals surface area contributed by atoms with Gasteiger partial charge in [-0.05, 0) is 31.2 Å². The summed E-state index contributed by atoms with van der Waals surface area (Å²) < 4.78 is 25.4. The number of carboxylic acids is 1. The van der Waals surface area contributed by atoms with Crippen LogP contribution in [0.5, 0.6) is 0 Å². The highest BCUT2D eigenvalue weighted by molar-refractivity contribution is 7.88. The molecule has 2 heterocycles. The zero-order chi connectivity index (χ0) is 15.3. The van der Waals surface area contributed by atoms with Crippen LogP contribution in [0.4, 0.5) is 0 Å². The van der Waals surface area contributed by atoms with Crippen LogP contribution in [0.1, 0.15) is 24.8 Å². The van der Waals surface area contributed by atoms with Gasteiger partial charge in [-0.2, -0.15) is 4.31 Å². The number of aliphatic carboxylic acids is 1. The first kappa shape index (κ1) is 14.5. The summed E-state index contributed by atoms with van der Waals surface area (Å²) in [6.45, 7) is 0. The van der Waals surface area contributed by atoms with Gasteiger partial charge in [0.05, 0.1) is 11.7 Å². The van der Waals surface area contributed by atoms with Crippen LogP contribution in [0.15, 0.2) is 30.3 Å². The minimum Gasteiger partial charge on any atom is -0.481 e. The van der Waals surface area contributed by atoms with E-state index >= 15 is 0 Å². The van der Waals surface area contributed by atoms with Crippen LogP contribution >= 0.6 is 0 Å². The molecular formula is C15H19NO4S. The Morgan fingerprint density at radius 1 is 1.33 bits per heavy atom. The number of hydrogen-bond donors (Lipinski definition) is 1. The molecule has 2 saturated heterocycles. The van der Waals surface area contributed by atoms with Crippen molar-refractivity contribution in [1.29, 1.82) is 0 Å². The fourth-order valence-corrected chi connectivity index (χ4v) is 5.58. The van der Waals surface area contributed by atoms with Crippen molar-refractivity contribution in [3.8, 4) is 0 Å². The highest BCUT2D eigenvalue weighted by Crippen LogP contribution is 2.52. The number of hydrogen-bond acceptors (Lipinski definition) is 3. The molecule has 0 radical (unpaired) electrons. The van der Waals surface area contributed by atoms with Crippen LogP contribution in [-0.4, -0.2) is 42.1 Å². The van der Waals surface area contributed by atoms with E-state index in [0.29, 0.717) is 19.3 Å². The van der Waals surface area contributed by atoms with Crippen LogP contribution in [0, 0.1) is 5.41 Å². The fourth-order valence-electron chi connectivity index (χ4n) is 4.09. The standard InChI is InChI=1S/C15H19NO4S/c1-21(19,20)16-12-7-8-13(16)15(10-12,14(17)18)9-11-5-3-2-4-6-11/h2-6,12-13H,7-10H2,1H3,(H,17,18)/t12-,13+,15+/m0/s1. The molecule has 2 aliphatic heterocycles. The molecule has 2 aliphatic rings. The second-order valence-corrected chi connectivity index (χ2v) is 8.06. The van der Waals surface area contributed by atoms with E-state index in [2.05, 4.69) is 0 Å². The van der Waals surface area contributed by atoms with E-state index in [0.717, 1.165) is 12.0 Å². The second-order valence-electron chi connectivity index (χ2n) is 6.17. The van der Waals surface area contributed by atoms with Gasteiger partial charge in [0.1, 0.15) is 0 Å². The molecule has 114 valence electrons. The number of benzene rings is 1. The van der Waals surface area contributed by atoms with Gasteiger partial charge >= 0.3 is 5.97 Å². The van der Waals surface area contributed by atoms with E-state index in [1.165, 1.54) is 10.6 Å². The molecule has 0 aromatic heterocycles. The largest absolute Gasteiger partial charge is 0.481 e. The fraction of sp³-hybridized carbons (Fsp3) is 0.533. The highest BCUT2D eigenvalue weighted by atomic mass is 32.2. The Balaban J connectivity index is 1.99. The van der Waals surface area contributed by atoms with E-state index in [4.69, 9.17) is 0 Å². The summed E-state index contributed by atoms with van der Waals surface area (Å²) in [5.74, 6) is -0.882. The summed E-state index contributed by atoms with van der Waals surface area (Å²) in [5, 5.41) is 9.81. The van der Waals surface area contributed by atoms with Crippen LogP contribution in [-0.2, 0) is 21.2 Å². The molecule has 6 heteroatoms. The Hall–Kier alpha value is -1.40. The minimum atomic E-state index is -3.37. The molecule has 0 aliphatic carbocycles. The van der Waals surface area contributed by atoms with Crippen molar-refractivity contribution in [1.82, 2.24) is 4.31 Å². The summed E-state index contributed by atoms with van der Waals surface area (Å²) >= 11 is 0. The van der Waals surface area contributed by atoms with Crippen LogP contribution in [0.3, 0.4) is 0 Å². The predicted molar refractivity (Wildman–Crippen MR) is 78.3 cm³/mol. The van der Waals surface area contributed by atoms with Crippen LogP contribution in [0.25, 0.3) is 0 Å². The van der Waals surface area contributed by atoms with Gasteiger partial charge in [0.2, 0.25) is 10.0 Å². The van der Waals surface area contributed by atoms with Gasteiger partial charge in [0.25, 0.3) is 0 Å². The van der Waals surface area contributed by atoms with Gasteiger partial charge in [-0.1, -0.05) is 30.3 Å². The molecule has 0 unspecified atom stereocenters. The minimum absolute atomic E-state index is 0.162. The smallest absolute Gasteiger partial charge is 0.311 e. The number of fused-ring (bicyclic) bond motifs is 2. The predicted octanol–water partition coefficient (Wildman–Crippen LogP) is 1.50. The molecular weight excluding hydrogens is 290 g/mol.